The molecule has 3 nitrogen and oxygen atoms in total. The van der Waals surface area contributed by atoms with E-state index in [4.69, 9.17) is 5.73 Å². The normalized spacial score (nSPS) is 10.3. The Balaban J connectivity index is 2.26. The first-order chi connectivity index (χ1) is 8.72. The van der Waals surface area contributed by atoms with Crippen LogP contribution in [0.15, 0.2) is 41.1 Å². The fourth-order valence-electron chi connectivity index (χ4n) is 1.76. The van der Waals surface area contributed by atoms with E-state index in [1.807, 2.05) is 21.7 Å². The van der Waals surface area contributed by atoms with E-state index in [0.717, 1.165) is 18.7 Å². The maximum atomic E-state index is 12.4. The van der Waals surface area contributed by atoms with Gasteiger partial charge < -0.3 is 10.6 Å². The van der Waals surface area contributed by atoms with E-state index in [9.17, 15) is 4.79 Å². The molecule has 94 valence electrons. The predicted molar refractivity (Wildman–Crippen MR) is 77.1 cm³/mol. The van der Waals surface area contributed by atoms with Crippen molar-refractivity contribution in [1.29, 1.82) is 0 Å². The molecule has 0 aliphatic heterocycles. The van der Waals surface area contributed by atoms with Crippen molar-refractivity contribution < 1.29 is 4.79 Å². The Hall–Kier alpha value is -1.81. The zero-order valence-electron chi connectivity index (χ0n) is 10.3. The van der Waals surface area contributed by atoms with Gasteiger partial charge >= 0.3 is 0 Å². The van der Waals surface area contributed by atoms with Crippen LogP contribution in [0.5, 0.6) is 0 Å². The molecule has 0 unspecified atom stereocenters. The van der Waals surface area contributed by atoms with E-state index in [-0.39, 0.29) is 5.91 Å². The highest BCUT2D eigenvalue weighted by Crippen LogP contribution is 2.21. The highest BCUT2D eigenvalue weighted by atomic mass is 32.1. The first-order valence-corrected chi connectivity index (χ1v) is 6.86. The lowest BCUT2D eigenvalue weighted by molar-refractivity contribution is 0.0987. The Morgan fingerprint density at radius 3 is 2.56 bits per heavy atom. The van der Waals surface area contributed by atoms with Crippen LogP contribution >= 0.6 is 11.3 Å². The minimum absolute atomic E-state index is 0.0234. The number of nitrogen functional groups attached to an aromatic ring is 1. The summed E-state index contributed by atoms with van der Waals surface area (Å²) in [6, 6.07) is 9.02. The molecule has 1 aromatic heterocycles. The molecule has 0 bridgehead atoms. The van der Waals surface area contributed by atoms with Crippen LogP contribution in [0.4, 0.5) is 11.4 Å². The van der Waals surface area contributed by atoms with E-state index in [1.165, 1.54) is 0 Å². The van der Waals surface area contributed by atoms with Crippen LogP contribution in [-0.2, 0) is 0 Å². The second-order valence-electron chi connectivity index (χ2n) is 4.06. The molecular weight excluding hydrogens is 244 g/mol. The number of thiophene rings is 1. The van der Waals surface area contributed by atoms with Crippen LogP contribution in [0, 0.1) is 0 Å². The molecule has 2 aromatic rings. The summed E-state index contributed by atoms with van der Waals surface area (Å²) in [6.45, 7) is 2.79. The lowest BCUT2D eigenvalue weighted by Crippen LogP contribution is -2.31. The minimum Gasteiger partial charge on any atom is -0.399 e. The number of carbonyl (C=O) groups is 1. The van der Waals surface area contributed by atoms with E-state index in [1.54, 1.807) is 35.6 Å². The number of hydrogen-bond acceptors (Lipinski definition) is 3. The number of nitrogens with zero attached hydrogens (tertiary/aromatic N) is 1. The summed E-state index contributed by atoms with van der Waals surface area (Å²) in [4.78, 5) is 14.2. The van der Waals surface area contributed by atoms with Crippen molar-refractivity contribution in [3.8, 4) is 0 Å². The summed E-state index contributed by atoms with van der Waals surface area (Å²) < 4.78 is 0. The summed E-state index contributed by atoms with van der Waals surface area (Å²) in [5, 5.41) is 3.97. The van der Waals surface area contributed by atoms with Crippen LogP contribution < -0.4 is 10.6 Å². The average Bonchev–Trinajstić information content (AvgIpc) is 2.90. The van der Waals surface area contributed by atoms with Crippen LogP contribution in [0.25, 0.3) is 0 Å². The summed E-state index contributed by atoms with van der Waals surface area (Å²) in [5.74, 6) is 0.0234. The minimum atomic E-state index is 0.0234. The quantitative estimate of drug-likeness (QED) is 0.856. The molecule has 0 fully saturated rings. The number of anilines is 2. The molecule has 0 spiro atoms. The summed E-state index contributed by atoms with van der Waals surface area (Å²) in [6.07, 6.45) is 0.927. The van der Waals surface area contributed by atoms with Gasteiger partial charge in [-0.2, -0.15) is 11.3 Å². The molecule has 4 heteroatoms. The van der Waals surface area contributed by atoms with Crippen LogP contribution in [0.3, 0.4) is 0 Å². The molecule has 2 N–H and O–H groups in total. The van der Waals surface area contributed by atoms with Crippen molar-refractivity contribution in [1.82, 2.24) is 0 Å². The second kappa shape index (κ2) is 5.69. The van der Waals surface area contributed by atoms with Gasteiger partial charge in [-0.05, 0) is 42.1 Å². The number of carbonyl (C=O) groups excluding carboxylic acids is 1. The third kappa shape index (κ3) is 2.71. The summed E-state index contributed by atoms with van der Waals surface area (Å²) in [7, 11) is 0. The molecule has 18 heavy (non-hydrogen) atoms. The Labute approximate surface area is 111 Å². The Morgan fingerprint density at radius 2 is 2.00 bits per heavy atom. The zero-order chi connectivity index (χ0) is 13.0. The van der Waals surface area contributed by atoms with Crippen molar-refractivity contribution >= 4 is 28.6 Å². The largest absolute Gasteiger partial charge is 0.399 e. The smallest absolute Gasteiger partial charge is 0.258 e. The van der Waals surface area contributed by atoms with Gasteiger partial charge in [-0.1, -0.05) is 6.92 Å². The third-order valence-corrected chi connectivity index (χ3v) is 3.34. The van der Waals surface area contributed by atoms with Gasteiger partial charge in [0.05, 0.1) is 5.69 Å². The average molecular weight is 260 g/mol. The second-order valence-corrected chi connectivity index (χ2v) is 4.84. The molecule has 1 amide bonds. The Morgan fingerprint density at radius 1 is 1.28 bits per heavy atom. The van der Waals surface area contributed by atoms with Crippen LogP contribution in [0.1, 0.15) is 23.7 Å². The highest BCUT2D eigenvalue weighted by Gasteiger charge is 2.16. The fourth-order valence-corrected chi connectivity index (χ4v) is 2.41. The Kier molecular flexibility index (Phi) is 3.99. The van der Waals surface area contributed by atoms with Gasteiger partial charge in [-0.15, -0.1) is 0 Å². The lowest BCUT2D eigenvalue weighted by atomic mass is 10.1. The zero-order valence-corrected chi connectivity index (χ0v) is 11.1. The van der Waals surface area contributed by atoms with Crippen molar-refractivity contribution in [3.63, 3.8) is 0 Å². The van der Waals surface area contributed by atoms with E-state index in [2.05, 4.69) is 6.92 Å². The van der Waals surface area contributed by atoms with Crippen molar-refractivity contribution in [2.45, 2.75) is 13.3 Å². The van der Waals surface area contributed by atoms with Gasteiger partial charge in [0.15, 0.2) is 0 Å². The van der Waals surface area contributed by atoms with Gasteiger partial charge in [0.25, 0.3) is 5.91 Å². The maximum absolute atomic E-state index is 12.4. The van der Waals surface area contributed by atoms with Gasteiger partial charge in [0, 0.05) is 23.2 Å². The van der Waals surface area contributed by atoms with Crippen molar-refractivity contribution in [2.75, 3.05) is 17.2 Å². The molecule has 1 heterocycles. The van der Waals surface area contributed by atoms with Crippen molar-refractivity contribution in [2.24, 2.45) is 0 Å². The lowest BCUT2D eigenvalue weighted by Gasteiger charge is -2.20. The molecule has 0 saturated heterocycles. The fraction of sp³-hybridized carbons (Fsp3) is 0.214. The van der Waals surface area contributed by atoms with Gasteiger partial charge in [0.1, 0.15) is 0 Å². The molecule has 0 aliphatic carbocycles. The number of nitrogens with two attached hydrogens (primary N) is 1. The Bertz CT molecular complexity index is 505. The summed E-state index contributed by atoms with van der Waals surface area (Å²) in [5.41, 5.74) is 7.94. The van der Waals surface area contributed by atoms with Gasteiger partial charge in [-0.25, -0.2) is 0 Å². The van der Waals surface area contributed by atoms with Gasteiger partial charge in [0.2, 0.25) is 0 Å². The first kappa shape index (κ1) is 12.6. The molecule has 0 aliphatic rings. The van der Waals surface area contributed by atoms with E-state index >= 15 is 0 Å². The first-order valence-electron chi connectivity index (χ1n) is 5.92. The SMILES string of the molecule is CCCN(C(=O)c1ccc(N)cc1)c1ccsc1. The third-order valence-electron chi connectivity index (χ3n) is 2.67. The van der Waals surface area contributed by atoms with Crippen LogP contribution in [-0.4, -0.2) is 12.5 Å². The van der Waals surface area contributed by atoms with Crippen LogP contribution in [0.2, 0.25) is 0 Å². The highest BCUT2D eigenvalue weighted by molar-refractivity contribution is 7.08. The molecule has 0 saturated carbocycles. The molecule has 1 aromatic carbocycles. The molecule has 0 atom stereocenters. The number of rotatable bonds is 4. The number of benzene rings is 1. The van der Waals surface area contributed by atoms with Crippen molar-refractivity contribution in [3.05, 3.63) is 46.7 Å². The molecule has 2 rings (SSSR count). The number of amides is 1. The molecule has 0 radical (unpaired) electrons. The predicted octanol–water partition coefficient (Wildman–Crippen LogP) is 3.39. The summed E-state index contributed by atoms with van der Waals surface area (Å²) >= 11 is 1.59. The standard InChI is InChI=1S/C14H16N2OS/c1-2-8-16(13-7-9-18-10-13)14(17)11-3-5-12(15)6-4-11/h3-7,9-10H,2,8,15H2,1H3. The van der Waals surface area contributed by atoms with Gasteiger partial charge in [-0.3, -0.25) is 4.79 Å². The monoisotopic (exact) mass is 260 g/mol. The van der Waals surface area contributed by atoms with E-state index in [0.29, 0.717) is 11.3 Å². The maximum Gasteiger partial charge on any atom is 0.258 e. The molecular formula is C14H16N2OS. The topological polar surface area (TPSA) is 46.3 Å². The number of hydrogen-bond donors (Lipinski definition) is 1. The van der Waals surface area contributed by atoms with E-state index < -0.39 is 0 Å².